The Morgan fingerprint density at radius 1 is 1.33 bits per heavy atom. The van der Waals surface area contributed by atoms with Gasteiger partial charge in [-0.3, -0.25) is 9.69 Å². The second-order valence-electron chi connectivity index (χ2n) is 7.58. The number of nitrogens with zero attached hydrogens (tertiary/aromatic N) is 1. The van der Waals surface area contributed by atoms with Crippen molar-refractivity contribution in [2.45, 2.75) is 52.6 Å². The predicted molar refractivity (Wildman–Crippen MR) is 109 cm³/mol. The third-order valence-electron chi connectivity index (χ3n) is 5.10. The Balaban J connectivity index is 2.00. The zero-order chi connectivity index (χ0) is 19.8. The molecule has 1 aromatic heterocycles. The van der Waals surface area contributed by atoms with Gasteiger partial charge < -0.3 is 15.4 Å². The first-order chi connectivity index (χ1) is 12.9. The minimum absolute atomic E-state index is 0.0227. The minimum atomic E-state index is -0.602. The molecule has 0 aliphatic carbocycles. The van der Waals surface area contributed by atoms with Gasteiger partial charge in [0, 0.05) is 11.4 Å². The highest BCUT2D eigenvalue weighted by Gasteiger charge is 2.29. The van der Waals surface area contributed by atoms with Gasteiger partial charge in [0.25, 0.3) is 0 Å². The van der Waals surface area contributed by atoms with Crippen molar-refractivity contribution in [3.63, 3.8) is 0 Å². The molecule has 152 valence electrons. The normalized spacial score (nSPS) is 18.1. The molecule has 2 atom stereocenters. The number of hydrogen-bond donors (Lipinski definition) is 2. The molecule has 2 rings (SSSR count). The summed E-state index contributed by atoms with van der Waals surface area (Å²) in [4.78, 5) is 28.2. The molecule has 7 heteroatoms. The van der Waals surface area contributed by atoms with Crippen molar-refractivity contribution in [3.05, 3.63) is 22.4 Å². The van der Waals surface area contributed by atoms with Crippen LogP contribution in [0.25, 0.3) is 0 Å². The Morgan fingerprint density at radius 2 is 2.04 bits per heavy atom. The first-order valence-electron chi connectivity index (χ1n) is 9.90. The fourth-order valence-electron chi connectivity index (χ4n) is 3.37. The maximum Gasteiger partial charge on any atom is 0.407 e. The summed E-state index contributed by atoms with van der Waals surface area (Å²) in [5, 5.41) is 7.82. The predicted octanol–water partition coefficient (Wildman–Crippen LogP) is 3.41. The Morgan fingerprint density at radius 3 is 2.59 bits per heavy atom. The molecule has 0 radical (unpaired) electrons. The maximum absolute atomic E-state index is 12.7. The summed E-state index contributed by atoms with van der Waals surface area (Å²) in [6, 6.07) is 3.77. The number of rotatable bonds is 8. The van der Waals surface area contributed by atoms with Gasteiger partial charge in [-0.05, 0) is 56.1 Å². The van der Waals surface area contributed by atoms with E-state index in [0.717, 1.165) is 19.0 Å². The summed E-state index contributed by atoms with van der Waals surface area (Å²) < 4.78 is 4.93. The summed E-state index contributed by atoms with van der Waals surface area (Å²) >= 11 is 1.73. The van der Waals surface area contributed by atoms with Gasteiger partial charge in [-0.25, -0.2) is 4.79 Å². The number of piperidine rings is 1. The standard InChI is InChI=1S/C20H33N3O3S/c1-5-26-20(25)22-18(14(2)3)19(24)21-13-16(17-7-6-12-27-17)23-10-8-15(4)9-11-23/h6-7,12,14-16,18H,5,8-11,13H2,1-4H3,(H,21,24)(H,22,25). The van der Waals surface area contributed by atoms with Gasteiger partial charge in [0.15, 0.2) is 0 Å². The number of alkyl carbamates (subject to hydrolysis) is 1. The Labute approximate surface area is 166 Å². The number of thiophene rings is 1. The number of amides is 2. The van der Waals surface area contributed by atoms with Gasteiger partial charge >= 0.3 is 6.09 Å². The average molecular weight is 396 g/mol. The molecular weight excluding hydrogens is 362 g/mol. The van der Waals surface area contributed by atoms with E-state index in [1.807, 2.05) is 13.8 Å². The Bertz CT molecular complexity index is 583. The van der Waals surface area contributed by atoms with E-state index in [-0.39, 0.29) is 24.5 Å². The van der Waals surface area contributed by atoms with Crippen molar-refractivity contribution in [1.29, 1.82) is 0 Å². The maximum atomic E-state index is 12.7. The second kappa shape index (κ2) is 10.7. The van der Waals surface area contributed by atoms with Crippen molar-refractivity contribution in [2.24, 2.45) is 11.8 Å². The lowest BCUT2D eigenvalue weighted by atomic mass is 9.97. The van der Waals surface area contributed by atoms with Gasteiger partial charge in [0.2, 0.25) is 5.91 Å². The molecule has 1 saturated heterocycles. The van der Waals surface area contributed by atoms with Crippen molar-refractivity contribution in [1.82, 2.24) is 15.5 Å². The smallest absolute Gasteiger partial charge is 0.407 e. The van der Waals surface area contributed by atoms with Crippen LogP contribution in [0.4, 0.5) is 4.79 Å². The van der Waals surface area contributed by atoms with Crippen molar-refractivity contribution in [3.8, 4) is 0 Å². The van der Waals surface area contributed by atoms with Crippen LogP contribution in [0.1, 0.15) is 51.5 Å². The van der Waals surface area contributed by atoms with Crippen LogP contribution in [0.5, 0.6) is 0 Å². The van der Waals surface area contributed by atoms with E-state index in [9.17, 15) is 9.59 Å². The molecule has 1 fully saturated rings. The van der Waals surface area contributed by atoms with Crippen LogP contribution in [0.2, 0.25) is 0 Å². The van der Waals surface area contributed by atoms with E-state index in [1.165, 1.54) is 17.7 Å². The highest BCUT2D eigenvalue weighted by molar-refractivity contribution is 7.10. The van der Waals surface area contributed by atoms with E-state index in [0.29, 0.717) is 6.54 Å². The van der Waals surface area contributed by atoms with Gasteiger partial charge in [0.1, 0.15) is 6.04 Å². The third-order valence-corrected chi connectivity index (χ3v) is 6.07. The minimum Gasteiger partial charge on any atom is -0.450 e. The van der Waals surface area contributed by atoms with Crippen LogP contribution >= 0.6 is 11.3 Å². The molecule has 1 aliphatic heterocycles. The molecule has 0 spiro atoms. The first-order valence-corrected chi connectivity index (χ1v) is 10.8. The summed E-state index contributed by atoms with van der Waals surface area (Å²) in [7, 11) is 0. The van der Waals surface area contributed by atoms with E-state index in [4.69, 9.17) is 4.74 Å². The molecule has 27 heavy (non-hydrogen) atoms. The van der Waals surface area contributed by atoms with Crippen LogP contribution < -0.4 is 10.6 Å². The number of nitrogens with one attached hydrogen (secondary N) is 2. The third kappa shape index (κ3) is 6.50. The number of carbonyl (C=O) groups excluding carboxylic acids is 2. The molecule has 1 aliphatic rings. The lowest BCUT2D eigenvalue weighted by Gasteiger charge is -2.36. The van der Waals surface area contributed by atoms with E-state index in [2.05, 4.69) is 40.0 Å². The molecule has 0 bridgehead atoms. The SMILES string of the molecule is CCOC(=O)NC(C(=O)NCC(c1cccs1)N1CCC(C)CC1)C(C)C. The highest BCUT2D eigenvalue weighted by atomic mass is 32.1. The van der Waals surface area contributed by atoms with E-state index in [1.54, 1.807) is 18.3 Å². The molecule has 2 amide bonds. The summed E-state index contributed by atoms with van der Waals surface area (Å²) in [5.41, 5.74) is 0. The largest absolute Gasteiger partial charge is 0.450 e. The molecule has 2 heterocycles. The molecular formula is C20H33N3O3S. The molecule has 0 aromatic carbocycles. The van der Waals surface area contributed by atoms with Crippen molar-refractivity contribution in [2.75, 3.05) is 26.2 Å². The lowest BCUT2D eigenvalue weighted by molar-refractivity contribution is -0.124. The fourth-order valence-corrected chi connectivity index (χ4v) is 4.23. The van der Waals surface area contributed by atoms with Gasteiger partial charge in [-0.15, -0.1) is 11.3 Å². The average Bonchev–Trinajstić information content (AvgIpc) is 3.15. The summed E-state index contributed by atoms with van der Waals surface area (Å²) in [6.45, 7) is 10.8. The van der Waals surface area contributed by atoms with E-state index < -0.39 is 12.1 Å². The number of likely N-dealkylation sites (tertiary alicyclic amines) is 1. The summed E-state index contributed by atoms with van der Waals surface area (Å²) in [6.07, 6.45) is 1.83. The molecule has 6 nitrogen and oxygen atoms in total. The van der Waals surface area contributed by atoms with E-state index >= 15 is 0 Å². The second-order valence-corrected chi connectivity index (χ2v) is 8.56. The topological polar surface area (TPSA) is 70.7 Å². The van der Waals surface area contributed by atoms with Crippen LogP contribution in [0.15, 0.2) is 17.5 Å². The van der Waals surface area contributed by atoms with Gasteiger partial charge in [-0.2, -0.15) is 0 Å². The number of ether oxygens (including phenoxy) is 1. The Hall–Kier alpha value is -1.60. The number of carbonyl (C=O) groups is 2. The summed E-state index contributed by atoms with van der Waals surface area (Å²) in [5.74, 6) is 0.578. The zero-order valence-corrected chi connectivity index (χ0v) is 17.7. The van der Waals surface area contributed by atoms with Crippen LogP contribution in [0.3, 0.4) is 0 Å². The quantitative estimate of drug-likeness (QED) is 0.708. The van der Waals surface area contributed by atoms with Gasteiger partial charge in [-0.1, -0.05) is 26.8 Å². The fraction of sp³-hybridized carbons (Fsp3) is 0.700. The van der Waals surface area contributed by atoms with Crippen LogP contribution in [-0.2, 0) is 9.53 Å². The Kier molecular flexibility index (Phi) is 8.57. The monoisotopic (exact) mass is 395 g/mol. The molecule has 0 saturated carbocycles. The van der Waals surface area contributed by atoms with Crippen molar-refractivity contribution < 1.29 is 14.3 Å². The molecule has 1 aromatic rings. The number of hydrogen-bond acceptors (Lipinski definition) is 5. The van der Waals surface area contributed by atoms with Crippen molar-refractivity contribution >= 4 is 23.3 Å². The molecule has 2 unspecified atom stereocenters. The van der Waals surface area contributed by atoms with Crippen LogP contribution in [-0.4, -0.2) is 49.2 Å². The first kappa shape index (κ1) is 21.7. The van der Waals surface area contributed by atoms with Gasteiger partial charge in [0.05, 0.1) is 12.6 Å². The zero-order valence-electron chi connectivity index (χ0n) is 16.9. The van der Waals surface area contributed by atoms with Crippen LogP contribution in [0, 0.1) is 11.8 Å². The molecule has 2 N–H and O–H groups in total. The lowest BCUT2D eigenvalue weighted by Crippen LogP contribution is -2.51. The highest BCUT2D eigenvalue weighted by Crippen LogP contribution is 2.29.